The molecule has 3 rings (SSSR count). The van der Waals surface area contributed by atoms with Crippen LogP contribution in [0.4, 0.5) is 4.39 Å². The summed E-state index contributed by atoms with van der Waals surface area (Å²) in [4.78, 5) is 9.20. The van der Waals surface area contributed by atoms with Gasteiger partial charge in [-0.2, -0.15) is 0 Å². The predicted octanol–water partition coefficient (Wildman–Crippen LogP) is 2.51. The van der Waals surface area contributed by atoms with Crippen LogP contribution in [-0.2, 0) is 4.74 Å². The highest BCUT2D eigenvalue weighted by atomic mass is 19.1. The van der Waals surface area contributed by atoms with Crippen molar-refractivity contribution in [3.05, 3.63) is 35.6 Å². The molecule has 0 aromatic heterocycles. The molecule has 2 aliphatic rings. The van der Waals surface area contributed by atoms with Crippen molar-refractivity contribution in [1.29, 1.82) is 0 Å². The van der Waals surface area contributed by atoms with Gasteiger partial charge in [0.05, 0.1) is 19.3 Å². The fourth-order valence-electron chi connectivity index (χ4n) is 3.96. The molecule has 2 aliphatic heterocycles. The molecule has 0 aliphatic carbocycles. The van der Waals surface area contributed by atoms with Gasteiger partial charge in [-0.25, -0.2) is 4.39 Å². The van der Waals surface area contributed by atoms with Crippen LogP contribution in [0.1, 0.15) is 31.4 Å². The average Bonchev–Trinajstić information content (AvgIpc) is 2.66. The highest BCUT2D eigenvalue weighted by Crippen LogP contribution is 2.22. The van der Waals surface area contributed by atoms with Crippen LogP contribution in [0.3, 0.4) is 0 Å². The number of aliphatic imine (C=N–C) groups is 1. The summed E-state index contributed by atoms with van der Waals surface area (Å²) in [6.07, 6.45) is 2.49. The van der Waals surface area contributed by atoms with Gasteiger partial charge in [0.2, 0.25) is 0 Å². The minimum absolute atomic E-state index is 0.105. The molecule has 2 saturated heterocycles. The largest absolute Gasteiger partial charge is 0.379 e. The number of guanidine groups is 1. The molecule has 6 heteroatoms. The Morgan fingerprint density at radius 3 is 2.85 bits per heavy atom. The van der Waals surface area contributed by atoms with E-state index in [1.807, 2.05) is 13.1 Å². The molecule has 5 nitrogen and oxygen atoms in total. The summed E-state index contributed by atoms with van der Waals surface area (Å²) in [5, 5.41) is 3.55. The van der Waals surface area contributed by atoms with Gasteiger partial charge in [0, 0.05) is 39.8 Å². The first-order valence-electron chi connectivity index (χ1n) is 9.70. The molecule has 0 radical (unpaired) electrons. The fraction of sp³-hybridized carbons (Fsp3) is 0.650. The lowest BCUT2D eigenvalue weighted by Gasteiger charge is -2.37. The number of rotatable bonds is 4. The van der Waals surface area contributed by atoms with Gasteiger partial charge >= 0.3 is 0 Å². The smallest absolute Gasteiger partial charge is 0.193 e. The van der Waals surface area contributed by atoms with Gasteiger partial charge in [0.25, 0.3) is 0 Å². The molecule has 0 amide bonds. The third-order valence-corrected chi connectivity index (χ3v) is 5.34. The molecule has 2 atom stereocenters. The van der Waals surface area contributed by atoms with Crippen molar-refractivity contribution >= 4 is 5.96 Å². The maximum atomic E-state index is 13.8. The molecule has 2 unspecified atom stereocenters. The number of morpholine rings is 1. The number of benzene rings is 1. The Balaban J connectivity index is 1.70. The number of halogens is 1. The van der Waals surface area contributed by atoms with Crippen molar-refractivity contribution in [2.24, 2.45) is 10.9 Å². The quantitative estimate of drug-likeness (QED) is 0.660. The van der Waals surface area contributed by atoms with Gasteiger partial charge in [-0.15, -0.1) is 0 Å². The lowest BCUT2D eigenvalue weighted by molar-refractivity contribution is 0.0168. The van der Waals surface area contributed by atoms with E-state index in [4.69, 9.17) is 4.74 Å². The highest BCUT2D eigenvalue weighted by Gasteiger charge is 2.25. The number of likely N-dealkylation sites (tertiary alicyclic amines) is 1. The van der Waals surface area contributed by atoms with Gasteiger partial charge in [-0.3, -0.25) is 9.89 Å². The Morgan fingerprint density at radius 2 is 2.15 bits per heavy atom. The van der Waals surface area contributed by atoms with E-state index in [0.29, 0.717) is 12.5 Å². The van der Waals surface area contributed by atoms with Crippen LogP contribution >= 0.6 is 0 Å². The molecule has 1 aromatic carbocycles. The van der Waals surface area contributed by atoms with Crippen molar-refractivity contribution in [2.45, 2.75) is 25.8 Å². The second-order valence-corrected chi connectivity index (χ2v) is 7.34. The Hall–Kier alpha value is -1.66. The Labute approximate surface area is 156 Å². The number of nitrogens with one attached hydrogen (secondary N) is 1. The molecular weight excluding hydrogens is 331 g/mol. The molecule has 144 valence electrons. The zero-order chi connectivity index (χ0) is 18.4. The van der Waals surface area contributed by atoms with Gasteiger partial charge < -0.3 is 15.0 Å². The number of hydrogen-bond donors (Lipinski definition) is 1. The van der Waals surface area contributed by atoms with Crippen LogP contribution in [0.25, 0.3) is 0 Å². The van der Waals surface area contributed by atoms with Crippen molar-refractivity contribution in [2.75, 3.05) is 53.0 Å². The van der Waals surface area contributed by atoms with E-state index >= 15 is 0 Å². The predicted molar refractivity (Wildman–Crippen MR) is 103 cm³/mol. The summed E-state index contributed by atoms with van der Waals surface area (Å²) in [7, 11) is 1.84. The first-order valence-corrected chi connectivity index (χ1v) is 9.70. The van der Waals surface area contributed by atoms with Crippen molar-refractivity contribution in [1.82, 2.24) is 15.1 Å². The summed E-state index contributed by atoms with van der Waals surface area (Å²) in [5.41, 5.74) is 1.00. The zero-order valence-corrected chi connectivity index (χ0v) is 16.0. The van der Waals surface area contributed by atoms with Crippen LogP contribution in [-0.4, -0.2) is 68.7 Å². The monoisotopic (exact) mass is 362 g/mol. The van der Waals surface area contributed by atoms with Gasteiger partial charge in [-0.1, -0.05) is 19.1 Å². The molecule has 2 heterocycles. The normalized spacial score (nSPS) is 23.7. The average molecular weight is 362 g/mol. The molecule has 0 bridgehead atoms. The maximum absolute atomic E-state index is 13.8. The van der Waals surface area contributed by atoms with Crippen LogP contribution in [0.2, 0.25) is 0 Å². The van der Waals surface area contributed by atoms with Crippen LogP contribution < -0.4 is 5.32 Å². The highest BCUT2D eigenvalue weighted by molar-refractivity contribution is 5.80. The van der Waals surface area contributed by atoms with Crippen LogP contribution in [0.5, 0.6) is 0 Å². The van der Waals surface area contributed by atoms with Crippen LogP contribution in [0.15, 0.2) is 29.3 Å². The van der Waals surface area contributed by atoms with E-state index in [9.17, 15) is 4.39 Å². The van der Waals surface area contributed by atoms with Gasteiger partial charge in [-0.05, 0) is 36.5 Å². The lowest BCUT2D eigenvalue weighted by Crippen LogP contribution is -2.49. The molecule has 0 spiro atoms. The number of ether oxygens (including phenoxy) is 1. The van der Waals surface area contributed by atoms with Gasteiger partial charge in [0.1, 0.15) is 5.82 Å². The van der Waals surface area contributed by atoms with Crippen molar-refractivity contribution in [3.8, 4) is 0 Å². The standard InChI is InChI=1S/C20H31FN4O/c1-16-5-4-8-25(15-16)20(22-2)23-14-19(24-9-11-26-12-10-24)17-6-3-7-18(21)13-17/h3,6-7,13,16,19H,4-5,8-12,14-15H2,1-2H3,(H,22,23). The lowest BCUT2D eigenvalue weighted by atomic mass is 10.0. The Kier molecular flexibility index (Phi) is 6.86. The second-order valence-electron chi connectivity index (χ2n) is 7.34. The summed E-state index contributed by atoms with van der Waals surface area (Å²) >= 11 is 0. The number of piperidine rings is 1. The summed E-state index contributed by atoms with van der Waals surface area (Å²) in [6.45, 7) is 8.27. The minimum Gasteiger partial charge on any atom is -0.379 e. The molecule has 26 heavy (non-hydrogen) atoms. The van der Waals surface area contributed by atoms with E-state index in [1.54, 1.807) is 12.1 Å². The SMILES string of the molecule is CN=C(NCC(c1cccc(F)c1)N1CCOCC1)N1CCCC(C)C1. The first-order chi connectivity index (χ1) is 12.7. The molecule has 2 fully saturated rings. The minimum atomic E-state index is -0.185. The Bertz CT molecular complexity index is 603. The molecule has 1 N–H and O–H groups in total. The number of hydrogen-bond acceptors (Lipinski definition) is 3. The van der Waals surface area contributed by atoms with Gasteiger partial charge in [0.15, 0.2) is 5.96 Å². The Morgan fingerprint density at radius 1 is 1.35 bits per heavy atom. The van der Waals surface area contributed by atoms with E-state index < -0.39 is 0 Å². The third-order valence-electron chi connectivity index (χ3n) is 5.34. The fourth-order valence-corrected chi connectivity index (χ4v) is 3.96. The van der Waals surface area contributed by atoms with E-state index in [0.717, 1.165) is 50.9 Å². The second kappa shape index (κ2) is 9.33. The first kappa shape index (κ1) is 19.1. The van der Waals surface area contributed by atoms with E-state index in [2.05, 4.69) is 27.0 Å². The third kappa shape index (κ3) is 4.95. The zero-order valence-electron chi connectivity index (χ0n) is 16.0. The van der Waals surface area contributed by atoms with Crippen molar-refractivity contribution in [3.63, 3.8) is 0 Å². The molecule has 1 aromatic rings. The number of nitrogens with zero attached hydrogens (tertiary/aromatic N) is 3. The topological polar surface area (TPSA) is 40.1 Å². The van der Waals surface area contributed by atoms with E-state index in [-0.39, 0.29) is 11.9 Å². The molecule has 0 saturated carbocycles. The van der Waals surface area contributed by atoms with Crippen LogP contribution in [0, 0.1) is 11.7 Å². The maximum Gasteiger partial charge on any atom is 0.193 e. The summed E-state index contributed by atoms with van der Waals surface area (Å²) < 4.78 is 19.3. The summed E-state index contributed by atoms with van der Waals surface area (Å²) in [6, 6.07) is 7.05. The molecular formula is C20H31FN4O. The van der Waals surface area contributed by atoms with Crippen molar-refractivity contribution < 1.29 is 9.13 Å². The van der Waals surface area contributed by atoms with E-state index in [1.165, 1.54) is 18.9 Å². The summed E-state index contributed by atoms with van der Waals surface area (Å²) in [5.74, 6) is 1.46.